The fourth-order valence-corrected chi connectivity index (χ4v) is 2.20. The predicted molar refractivity (Wildman–Crippen MR) is 95.5 cm³/mol. The van der Waals surface area contributed by atoms with E-state index in [0.29, 0.717) is 5.69 Å². The van der Waals surface area contributed by atoms with Crippen LogP contribution in [-0.4, -0.2) is 24.3 Å². The van der Waals surface area contributed by atoms with Gasteiger partial charge in [0, 0.05) is 17.7 Å². The zero-order chi connectivity index (χ0) is 19.1. The number of rotatable bonds is 7. The lowest BCUT2D eigenvalue weighted by Gasteiger charge is -2.08. The number of carbonyl (C=O) groups is 3. The maximum Gasteiger partial charge on any atom is 0.306 e. The van der Waals surface area contributed by atoms with E-state index in [1.54, 1.807) is 6.07 Å². The molecule has 2 aromatic carbocycles. The summed E-state index contributed by atoms with van der Waals surface area (Å²) >= 11 is 0. The van der Waals surface area contributed by atoms with E-state index in [2.05, 4.69) is 5.32 Å². The van der Waals surface area contributed by atoms with Crippen LogP contribution >= 0.6 is 0 Å². The van der Waals surface area contributed by atoms with Gasteiger partial charge in [-0.05, 0) is 61.4 Å². The van der Waals surface area contributed by atoms with Crippen LogP contribution in [-0.2, 0) is 14.3 Å². The number of amides is 1. The third-order valence-electron chi connectivity index (χ3n) is 3.88. The van der Waals surface area contributed by atoms with Gasteiger partial charge >= 0.3 is 5.97 Å². The lowest BCUT2D eigenvalue weighted by atomic mass is 10.1. The van der Waals surface area contributed by atoms with Gasteiger partial charge in [-0.25, -0.2) is 4.39 Å². The summed E-state index contributed by atoms with van der Waals surface area (Å²) < 4.78 is 17.7. The minimum absolute atomic E-state index is 0.0451. The van der Waals surface area contributed by atoms with Gasteiger partial charge in [0.1, 0.15) is 5.82 Å². The Morgan fingerprint density at radius 1 is 0.962 bits per heavy atom. The molecule has 0 aliphatic rings. The summed E-state index contributed by atoms with van der Waals surface area (Å²) in [5, 5.41) is 2.71. The minimum atomic E-state index is -0.643. The van der Waals surface area contributed by atoms with Crippen LogP contribution in [0.25, 0.3) is 0 Å². The molecule has 0 atom stereocenters. The number of nitrogens with one attached hydrogen (secondary N) is 1. The number of Topliss-reactive ketones (excluding diaryl/α,β-unsaturated/α-hetero) is 1. The molecule has 26 heavy (non-hydrogen) atoms. The molecule has 2 aromatic rings. The number of carbonyl (C=O) groups excluding carboxylic acids is 3. The van der Waals surface area contributed by atoms with Crippen LogP contribution in [0.4, 0.5) is 10.1 Å². The Bertz CT molecular complexity index is 815. The summed E-state index contributed by atoms with van der Waals surface area (Å²) in [5.74, 6) is -1.84. The van der Waals surface area contributed by atoms with Crippen molar-refractivity contribution in [2.45, 2.75) is 26.7 Å². The Morgan fingerprint density at radius 2 is 1.65 bits per heavy atom. The number of hydrogen-bond donors (Lipinski definition) is 1. The molecule has 0 saturated carbocycles. The number of ketones is 1. The van der Waals surface area contributed by atoms with Crippen molar-refractivity contribution in [3.05, 3.63) is 65.0 Å². The molecule has 0 saturated heterocycles. The van der Waals surface area contributed by atoms with Crippen LogP contribution in [0.15, 0.2) is 42.5 Å². The molecular formula is C20H20FNO4. The zero-order valence-electron chi connectivity index (χ0n) is 14.7. The van der Waals surface area contributed by atoms with Crippen molar-refractivity contribution in [1.29, 1.82) is 0 Å². The summed E-state index contributed by atoms with van der Waals surface area (Å²) in [7, 11) is 0. The second-order valence-electron chi connectivity index (χ2n) is 5.94. The van der Waals surface area contributed by atoms with E-state index in [1.807, 2.05) is 26.0 Å². The molecule has 0 aliphatic heterocycles. The van der Waals surface area contributed by atoms with Crippen molar-refractivity contribution in [3.8, 4) is 0 Å². The van der Waals surface area contributed by atoms with Crippen LogP contribution in [0.3, 0.4) is 0 Å². The van der Waals surface area contributed by atoms with Gasteiger partial charge in [0.05, 0.1) is 6.42 Å². The largest absolute Gasteiger partial charge is 0.457 e. The van der Waals surface area contributed by atoms with Crippen LogP contribution in [0.5, 0.6) is 0 Å². The highest BCUT2D eigenvalue weighted by atomic mass is 19.1. The number of ether oxygens (including phenoxy) is 1. The second kappa shape index (κ2) is 8.89. The summed E-state index contributed by atoms with van der Waals surface area (Å²) in [4.78, 5) is 35.4. The molecule has 5 nitrogen and oxygen atoms in total. The van der Waals surface area contributed by atoms with Gasteiger partial charge in [0.15, 0.2) is 12.4 Å². The van der Waals surface area contributed by atoms with Crippen molar-refractivity contribution < 1.29 is 23.5 Å². The van der Waals surface area contributed by atoms with Gasteiger partial charge in [-0.15, -0.1) is 0 Å². The van der Waals surface area contributed by atoms with Crippen molar-refractivity contribution in [2.24, 2.45) is 0 Å². The Kier molecular flexibility index (Phi) is 6.60. The maximum atomic E-state index is 12.8. The van der Waals surface area contributed by atoms with Crippen LogP contribution in [0.1, 0.15) is 34.3 Å². The smallest absolute Gasteiger partial charge is 0.306 e. The van der Waals surface area contributed by atoms with Gasteiger partial charge in [-0.2, -0.15) is 0 Å². The van der Waals surface area contributed by atoms with Crippen LogP contribution < -0.4 is 5.32 Å². The minimum Gasteiger partial charge on any atom is -0.457 e. The molecular weight excluding hydrogens is 337 g/mol. The molecule has 0 radical (unpaired) electrons. The van der Waals surface area contributed by atoms with Crippen LogP contribution in [0, 0.1) is 19.7 Å². The average Bonchev–Trinajstić information content (AvgIpc) is 2.61. The van der Waals surface area contributed by atoms with E-state index in [1.165, 1.54) is 12.1 Å². The number of halogens is 1. The molecule has 1 N–H and O–H groups in total. The fraction of sp³-hybridized carbons (Fsp3) is 0.250. The summed E-state index contributed by atoms with van der Waals surface area (Å²) in [6.07, 6.45) is -0.177. The first-order valence-corrected chi connectivity index (χ1v) is 8.16. The fourth-order valence-electron chi connectivity index (χ4n) is 2.20. The predicted octanol–water partition coefficient (Wildman–Crippen LogP) is 3.59. The average molecular weight is 357 g/mol. The quantitative estimate of drug-likeness (QED) is 0.607. The van der Waals surface area contributed by atoms with E-state index in [-0.39, 0.29) is 24.3 Å². The topological polar surface area (TPSA) is 72.5 Å². The number of esters is 1. The lowest BCUT2D eigenvalue weighted by molar-refractivity contribution is -0.143. The van der Waals surface area contributed by atoms with E-state index in [9.17, 15) is 18.8 Å². The molecule has 0 aliphatic carbocycles. The van der Waals surface area contributed by atoms with E-state index in [0.717, 1.165) is 23.3 Å². The first-order valence-electron chi connectivity index (χ1n) is 8.16. The first kappa shape index (κ1) is 19.3. The molecule has 0 aromatic heterocycles. The highest BCUT2D eigenvalue weighted by Crippen LogP contribution is 2.14. The third-order valence-corrected chi connectivity index (χ3v) is 3.88. The van der Waals surface area contributed by atoms with Gasteiger partial charge in [-0.3, -0.25) is 14.4 Å². The lowest BCUT2D eigenvalue weighted by Crippen LogP contribution is -2.17. The number of aryl methyl sites for hydroxylation is 2. The standard InChI is InChI=1S/C20H20FNO4/c1-13-3-8-17(11-14(13)2)22-19(24)9-10-20(25)26-12-18(23)15-4-6-16(21)7-5-15/h3-8,11H,9-10,12H2,1-2H3,(H,22,24). The molecule has 0 unspecified atom stereocenters. The molecule has 0 fully saturated rings. The molecule has 0 bridgehead atoms. The maximum absolute atomic E-state index is 12.8. The highest BCUT2D eigenvalue weighted by Gasteiger charge is 2.12. The van der Waals surface area contributed by atoms with Gasteiger partial charge in [0.25, 0.3) is 0 Å². The normalized spacial score (nSPS) is 10.3. The number of anilines is 1. The van der Waals surface area contributed by atoms with Crippen molar-refractivity contribution in [1.82, 2.24) is 0 Å². The van der Waals surface area contributed by atoms with Crippen molar-refractivity contribution in [3.63, 3.8) is 0 Å². The third kappa shape index (κ3) is 5.81. The van der Waals surface area contributed by atoms with Gasteiger partial charge < -0.3 is 10.1 Å². The molecule has 136 valence electrons. The molecule has 0 heterocycles. The first-order chi connectivity index (χ1) is 12.3. The summed E-state index contributed by atoms with van der Waals surface area (Å²) in [5.41, 5.74) is 3.10. The van der Waals surface area contributed by atoms with E-state index in [4.69, 9.17) is 4.74 Å². The number of benzene rings is 2. The van der Waals surface area contributed by atoms with E-state index < -0.39 is 24.2 Å². The Hall–Kier alpha value is -3.02. The number of hydrogen-bond acceptors (Lipinski definition) is 4. The Labute approximate surface area is 151 Å². The monoisotopic (exact) mass is 357 g/mol. The molecule has 2 rings (SSSR count). The Balaban J connectivity index is 1.73. The zero-order valence-corrected chi connectivity index (χ0v) is 14.7. The van der Waals surface area contributed by atoms with Crippen molar-refractivity contribution in [2.75, 3.05) is 11.9 Å². The summed E-state index contributed by atoms with van der Waals surface area (Å²) in [6.45, 7) is 3.48. The molecule has 1 amide bonds. The second-order valence-corrected chi connectivity index (χ2v) is 5.94. The molecule has 6 heteroatoms. The van der Waals surface area contributed by atoms with Crippen molar-refractivity contribution >= 4 is 23.3 Å². The SMILES string of the molecule is Cc1ccc(NC(=O)CCC(=O)OCC(=O)c2ccc(F)cc2)cc1C. The highest BCUT2D eigenvalue weighted by molar-refractivity contribution is 5.98. The van der Waals surface area contributed by atoms with Crippen LogP contribution in [0.2, 0.25) is 0 Å². The van der Waals surface area contributed by atoms with Gasteiger partial charge in [-0.1, -0.05) is 6.07 Å². The Morgan fingerprint density at radius 3 is 2.31 bits per heavy atom. The molecule has 0 spiro atoms. The summed E-state index contributed by atoms with van der Waals surface area (Å²) in [6, 6.07) is 10.5. The van der Waals surface area contributed by atoms with E-state index >= 15 is 0 Å². The van der Waals surface area contributed by atoms with Gasteiger partial charge in [0.2, 0.25) is 5.91 Å².